The van der Waals surface area contributed by atoms with Gasteiger partial charge in [-0.15, -0.1) is 0 Å². The van der Waals surface area contributed by atoms with Gasteiger partial charge in [0.25, 0.3) is 0 Å². The van der Waals surface area contributed by atoms with Crippen molar-refractivity contribution >= 4 is 21.5 Å². The molecular weight excluding hydrogens is 234 g/mol. The molecule has 0 aromatic heterocycles. The van der Waals surface area contributed by atoms with E-state index in [0.717, 1.165) is 16.2 Å². The number of nitro groups is 1. The number of halogens is 1. The molecule has 4 heteroatoms. The number of hydrogen-bond donors (Lipinski definition) is 0. The van der Waals surface area contributed by atoms with E-state index >= 15 is 0 Å². The largest absolute Gasteiger partial charge is 0.259 e. The molecule has 0 bridgehead atoms. The third kappa shape index (κ3) is 2.66. The lowest BCUT2D eigenvalue weighted by Crippen LogP contribution is -1.88. The van der Waals surface area contributed by atoms with Crippen molar-refractivity contribution in [1.29, 1.82) is 0 Å². The number of nitrogens with zero attached hydrogens (tertiary/aromatic N) is 1. The van der Waals surface area contributed by atoms with Crippen LogP contribution in [0.3, 0.4) is 0 Å². The summed E-state index contributed by atoms with van der Waals surface area (Å²) in [7, 11) is 0. The molecule has 0 spiro atoms. The Morgan fingerprint density at radius 2 is 2.15 bits per heavy atom. The van der Waals surface area contributed by atoms with Crippen LogP contribution in [0.4, 0.5) is 0 Å². The second kappa shape index (κ2) is 4.18. The normalized spacial score (nSPS) is 11.4. The number of rotatable bonds is 2. The predicted molar refractivity (Wildman–Crippen MR) is 54.8 cm³/mol. The monoisotopic (exact) mass is 241 g/mol. The van der Waals surface area contributed by atoms with Crippen LogP contribution < -0.4 is 0 Å². The summed E-state index contributed by atoms with van der Waals surface area (Å²) in [6, 6.07) is 7.40. The van der Waals surface area contributed by atoms with Crippen LogP contribution in [0.2, 0.25) is 0 Å². The number of allylic oxidation sites excluding steroid dienone is 1. The molecule has 0 amide bonds. The van der Waals surface area contributed by atoms with Crippen LogP contribution in [0.1, 0.15) is 12.5 Å². The van der Waals surface area contributed by atoms with Gasteiger partial charge in [-0.3, -0.25) is 10.1 Å². The summed E-state index contributed by atoms with van der Waals surface area (Å²) in [6.07, 6.45) is 1.00. The zero-order valence-electron chi connectivity index (χ0n) is 7.03. The van der Waals surface area contributed by atoms with Crippen molar-refractivity contribution in [3.63, 3.8) is 0 Å². The van der Waals surface area contributed by atoms with Crippen molar-refractivity contribution in [2.24, 2.45) is 0 Å². The van der Waals surface area contributed by atoms with Gasteiger partial charge < -0.3 is 0 Å². The van der Waals surface area contributed by atoms with Crippen LogP contribution in [0.15, 0.2) is 34.9 Å². The van der Waals surface area contributed by atoms with Gasteiger partial charge >= 0.3 is 0 Å². The highest BCUT2D eigenvalue weighted by molar-refractivity contribution is 9.10. The van der Waals surface area contributed by atoms with E-state index in [2.05, 4.69) is 15.9 Å². The van der Waals surface area contributed by atoms with Crippen LogP contribution in [-0.2, 0) is 0 Å². The summed E-state index contributed by atoms with van der Waals surface area (Å²) in [5, 5.41) is 10.2. The summed E-state index contributed by atoms with van der Waals surface area (Å²) in [6.45, 7) is 1.71. The first-order valence-corrected chi connectivity index (χ1v) is 4.47. The first-order chi connectivity index (χ1) is 6.11. The van der Waals surface area contributed by atoms with Crippen molar-refractivity contribution in [3.8, 4) is 0 Å². The van der Waals surface area contributed by atoms with Gasteiger partial charge in [-0.2, -0.15) is 0 Å². The first kappa shape index (κ1) is 9.92. The summed E-state index contributed by atoms with van der Waals surface area (Å²) in [4.78, 5) is 9.76. The molecule has 0 N–H and O–H groups in total. The third-order valence-electron chi connectivity index (χ3n) is 1.60. The Labute approximate surface area is 84.4 Å². The Bertz CT molecular complexity index is 360. The molecule has 0 atom stereocenters. The van der Waals surface area contributed by atoms with Gasteiger partial charge in [-0.05, 0) is 18.6 Å². The Morgan fingerprint density at radius 3 is 2.69 bits per heavy atom. The summed E-state index contributed by atoms with van der Waals surface area (Å²) in [5.41, 5.74) is 1.48. The minimum Gasteiger partial charge on any atom is -0.259 e. The van der Waals surface area contributed by atoms with Crippen LogP contribution in [0.25, 0.3) is 5.57 Å². The highest BCUT2D eigenvalue weighted by Gasteiger charge is 2.03. The molecule has 0 saturated heterocycles. The summed E-state index contributed by atoms with van der Waals surface area (Å²) < 4.78 is 0.866. The van der Waals surface area contributed by atoms with Gasteiger partial charge in [0, 0.05) is 10.0 Å². The van der Waals surface area contributed by atoms with Crippen molar-refractivity contribution in [2.45, 2.75) is 6.92 Å². The fraction of sp³-hybridized carbons (Fsp3) is 0.111. The fourth-order valence-electron chi connectivity index (χ4n) is 1.01. The average molecular weight is 242 g/mol. The maximum Gasteiger partial charge on any atom is 0.237 e. The molecule has 0 fully saturated rings. The minimum absolute atomic E-state index is 0.450. The molecule has 0 radical (unpaired) electrons. The van der Waals surface area contributed by atoms with Crippen molar-refractivity contribution in [3.05, 3.63) is 50.6 Å². The van der Waals surface area contributed by atoms with Gasteiger partial charge in [0.1, 0.15) is 0 Å². The van der Waals surface area contributed by atoms with Gasteiger partial charge in [0.15, 0.2) is 0 Å². The smallest absolute Gasteiger partial charge is 0.237 e. The van der Waals surface area contributed by atoms with Crippen molar-refractivity contribution in [1.82, 2.24) is 0 Å². The van der Waals surface area contributed by atoms with Gasteiger partial charge in [-0.25, -0.2) is 0 Å². The average Bonchev–Trinajstić information content (AvgIpc) is 2.03. The standard InChI is InChI=1S/C9H8BrNO2/c1-7(6-11(12)13)8-4-2-3-5-9(8)10/h2-6H,1H3/b7-6+. The van der Waals surface area contributed by atoms with Crippen LogP contribution in [0.5, 0.6) is 0 Å². The summed E-state index contributed by atoms with van der Waals surface area (Å²) in [5.74, 6) is 0. The Morgan fingerprint density at radius 1 is 1.54 bits per heavy atom. The van der Waals surface area contributed by atoms with E-state index < -0.39 is 4.92 Å². The van der Waals surface area contributed by atoms with E-state index in [1.807, 2.05) is 24.3 Å². The first-order valence-electron chi connectivity index (χ1n) is 3.68. The van der Waals surface area contributed by atoms with Crippen molar-refractivity contribution < 1.29 is 4.92 Å². The quantitative estimate of drug-likeness (QED) is 0.590. The molecule has 0 unspecified atom stereocenters. The minimum atomic E-state index is -0.450. The molecule has 1 aromatic rings. The van der Waals surface area contributed by atoms with Gasteiger partial charge in [0.2, 0.25) is 6.20 Å². The zero-order chi connectivity index (χ0) is 9.84. The predicted octanol–water partition coefficient (Wildman–Crippen LogP) is 3.09. The van der Waals surface area contributed by atoms with E-state index in [1.165, 1.54) is 0 Å². The Hall–Kier alpha value is -1.16. The van der Waals surface area contributed by atoms with E-state index in [0.29, 0.717) is 5.57 Å². The third-order valence-corrected chi connectivity index (χ3v) is 2.29. The molecule has 0 aliphatic rings. The molecule has 68 valence electrons. The van der Waals surface area contributed by atoms with E-state index in [9.17, 15) is 10.1 Å². The molecule has 1 rings (SSSR count). The maximum absolute atomic E-state index is 10.2. The second-order valence-electron chi connectivity index (χ2n) is 2.58. The van der Waals surface area contributed by atoms with Gasteiger partial charge in [-0.1, -0.05) is 34.1 Å². The Kier molecular flexibility index (Phi) is 3.19. The molecule has 0 saturated carbocycles. The SMILES string of the molecule is C/C(=C\[N+](=O)[O-])c1ccccc1Br. The van der Waals surface area contributed by atoms with Crippen LogP contribution >= 0.6 is 15.9 Å². The topological polar surface area (TPSA) is 43.1 Å². The molecule has 0 aliphatic heterocycles. The number of hydrogen-bond acceptors (Lipinski definition) is 2. The van der Waals surface area contributed by atoms with Crippen molar-refractivity contribution in [2.75, 3.05) is 0 Å². The highest BCUT2D eigenvalue weighted by Crippen LogP contribution is 2.23. The molecule has 0 heterocycles. The van der Waals surface area contributed by atoms with Crippen LogP contribution in [-0.4, -0.2) is 4.92 Å². The zero-order valence-corrected chi connectivity index (χ0v) is 8.61. The second-order valence-corrected chi connectivity index (χ2v) is 3.43. The fourth-order valence-corrected chi connectivity index (χ4v) is 1.61. The Balaban J connectivity index is 3.08. The maximum atomic E-state index is 10.2. The molecular formula is C9H8BrNO2. The molecule has 0 aliphatic carbocycles. The lowest BCUT2D eigenvalue weighted by atomic mass is 10.1. The van der Waals surface area contributed by atoms with E-state index in [-0.39, 0.29) is 0 Å². The highest BCUT2D eigenvalue weighted by atomic mass is 79.9. The molecule has 13 heavy (non-hydrogen) atoms. The molecule has 1 aromatic carbocycles. The summed E-state index contributed by atoms with van der Waals surface area (Å²) >= 11 is 3.32. The lowest BCUT2D eigenvalue weighted by Gasteiger charge is -2.00. The van der Waals surface area contributed by atoms with Gasteiger partial charge in [0.05, 0.1) is 4.92 Å². The lowest BCUT2D eigenvalue weighted by molar-refractivity contribution is -0.401. The van der Waals surface area contributed by atoms with E-state index in [4.69, 9.17) is 0 Å². The van der Waals surface area contributed by atoms with Crippen LogP contribution in [0, 0.1) is 10.1 Å². The molecule has 3 nitrogen and oxygen atoms in total. The van der Waals surface area contributed by atoms with E-state index in [1.54, 1.807) is 6.92 Å². The number of benzene rings is 1.